The molecular weight excluding hydrogens is 243 g/mol. The summed E-state index contributed by atoms with van der Waals surface area (Å²) in [5.74, 6) is 1.36. The van der Waals surface area contributed by atoms with Gasteiger partial charge in [0.1, 0.15) is 19.3 Å². The van der Waals surface area contributed by atoms with Crippen molar-refractivity contribution >= 4 is 29.2 Å². The average Bonchev–Trinajstić information content (AvgIpc) is 2.24. The van der Waals surface area contributed by atoms with E-state index >= 15 is 0 Å². The molecule has 1 aromatic carbocycles. The molecule has 14 heavy (non-hydrogen) atoms. The summed E-state index contributed by atoms with van der Waals surface area (Å²) in [5, 5.41) is 0. The fourth-order valence-corrected chi connectivity index (χ4v) is 1.25. The van der Waals surface area contributed by atoms with Crippen LogP contribution in [0.4, 0.5) is 0 Å². The maximum Gasteiger partial charge on any atom is 0.136 e. The Kier molecular flexibility index (Phi) is 6.46. The second-order valence-corrected chi connectivity index (χ2v) is 3.03. The second kappa shape index (κ2) is 6.76. The van der Waals surface area contributed by atoms with Crippen LogP contribution >= 0.6 is 15.9 Å². The first-order valence-electron chi connectivity index (χ1n) is 4.36. The third kappa shape index (κ3) is 3.26. The van der Waals surface area contributed by atoms with Crippen molar-refractivity contribution in [2.75, 3.05) is 14.2 Å². The number of rotatable bonds is 2. The monoisotopic (exact) mass is 256 g/mol. The largest absolute Gasteiger partial charge is 0.497 e. The van der Waals surface area contributed by atoms with E-state index in [-0.39, 0.29) is 0 Å². The van der Waals surface area contributed by atoms with E-state index in [2.05, 4.69) is 15.9 Å². The zero-order valence-corrected chi connectivity index (χ0v) is 10.5. The highest BCUT2D eigenvalue weighted by atomic mass is 79.9. The molecule has 4 heteroatoms. The highest BCUT2D eigenvalue weighted by Gasteiger charge is 2.04. The van der Waals surface area contributed by atoms with Crippen molar-refractivity contribution in [1.82, 2.24) is 0 Å². The lowest BCUT2D eigenvalue weighted by Crippen LogP contribution is -2.06. The average molecular weight is 257 g/mol. The van der Waals surface area contributed by atoms with Gasteiger partial charge in [-0.15, -0.1) is 0 Å². The molecule has 2 nitrogen and oxygen atoms in total. The van der Waals surface area contributed by atoms with E-state index in [9.17, 15) is 0 Å². The molecular formula is C10H14BBrO2. The molecule has 0 saturated heterocycles. The minimum Gasteiger partial charge on any atom is -0.497 e. The number of hydrogen-bond acceptors (Lipinski definition) is 2. The molecule has 1 rings (SSSR count). The SMILES string of the molecule is CC.[B]c1cc(OC)cc(OC)c1Br. The Morgan fingerprint density at radius 2 is 1.71 bits per heavy atom. The Bertz CT molecular complexity index is 290. The molecule has 0 unspecified atom stereocenters. The maximum absolute atomic E-state index is 5.67. The summed E-state index contributed by atoms with van der Waals surface area (Å²) in [5.41, 5.74) is 0.603. The van der Waals surface area contributed by atoms with Gasteiger partial charge >= 0.3 is 0 Å². The number of ether oxygens (including phenoxy) is 2. The number of hydrogen-bond donors (Lipinski definition) is 0. The topological polar surface area (TPSA) is 18.5 Å². The van der Waals surface area contributed by atoms with Crippen LogP contribution in [-0.2, 0) is 0 Å². The van der Waals surface area contributed by atoms with Gasteiger partial charge in [0.05, 0.1) is 18.7 Å². The lowest BCUT2D eigenvalue weighted by molar-refractivity contribution is 0.393. The third-order valence-corrected chi connectivity index (χ3v) is 2.35. The van der Waals surface area contributed by atoms with Crippen molar-refractivity contribution in [2.45, 2.75) is 13.8 Å². The molecule has 0 atom stereocenters. The normalized spacial score (nSPS) is 8.64. The van der Waals surface area contributed by atoms with Crippen LogP contribution < -0.4 is 14.9 Å². The fourth-order valence-electron chi connectivity index (χ4n) is 0.860. The smallest absolute Gasteiger partial charge is 0.136 e. The number of benzene rings is 1. The summed E-state index contributed by atoms with van der Waals surface area (Å²) >= 11 is 3.30. The molecule has 76 valence electrons. The van der Waals surface area contributed by atoms with Gasteiger partial charge in [-0.2, -0.15) is 0 Å². The van der Waals surface area contributed by atoms with Gasteiger partial charge in [-0.25, -0.2) is 0 Å². The van der Waals surface area contributed by atoms with E-state index in [0.717, 1.165) is 4.47 Å². The molecule has 0 amide bonds. The Morgan fingerprint density at radius 1 is 1.14 bits per heavy atom. The molecule has 0 aromatic heterocycles. The Morgan fingerprint density at radius 3 is 2.14 bits per heavy atom. The molecule has 0 aliphatic carbocycles. The fraction of sp³-hybridized carbons (Fsp3) is 0.400. The van der Waals surface area contributed by atoms with Crippen LogP contribution in [0.1, 0.15) is 13.8 Å². The van der Waals surface area contributed by atoms with Gasteiger partial charge in [-0.1, -0.05) is 19.3 Å². The zero-order chi connectivity index (χ0) is 11.1. The maximum atomic E-state index is 5.67. The van der Waals surface area contributed by atoms with Gasteiger partial charge in [0.15, 0.2) is 0 Å². The predicted molar refractivity (Wildman–Crippen MR) is 64.0 cm³/mol. The van der Waals surface area contributed by atoms with Gasteiger partial charge in [0.2, 0.25) is 0 Å². The minimum atomic E-state index is 0.603. The lowest BCUT2D eigenvalue weighted by Gasteiger charge is -2.08. The highest BCUT2D eigenvalue weighted by Crippen LogP contribution is 2.26. The van der Waals surface area contributed by atoms with Crippen molar-refractivity contribution in [3.05, 3.63) is 16.6 Å². The van der Waals surface area contributed by atoms with Gasteiger partial charge in [-0.05, 0) is 22.0 Å². The number of methoxy groups -OCH3 is 2. The third-order valence-electron chi connectivity index (χ3n) is 1.50. The van der Waals surface area contributed by atoms with Crippen LogP contribution in [0.15, 0.2) is 16.6 Å². The van der Waals surface area contributed by atoms with Crippen LogP contribution in [0.3, 0.4) is 0 Å². The first-order chi connectivity index (χ1) is 6.69. The van der Waals surface area contributed by atoms with E-state index in [1.807, 2.05) is 13.8 Å². The van der Waals surface area contributed by atoms with E-state index in [0.29, 0.717) is 17.0 Å². The first kappa shape index (κ1) is 13.4. The molecule has 0 aliphatic rings. The van der Waals surface area contributed by atoms with Gasteiger partial charge in [0, 0.05) is 6.07 Å². The van der Waals surface area contributed by atoms with Crippen molar-refractivity contribution in [2.24, 2.45) is 0 Å². The summed E-state index contributed by atoms with van der Waals surface area (Å²) in [7, 11) is 8.83. The summed E-state index contributed by atoms with van der Waals surface area (Å²) in [6, 6.07) is 3.49. The van der Waals surface area contributed by atoms with E-state index < -0.39 is 0 Å². The zero-order valence-electron chi connectivity index (χ0n) is 8.93. The number of halogens is 1. The molecule has 0 spiro atoms. The standard InChI is InChI=1S/C8H8BBrO2.C2H6/c1-11-5-3-6(9)8(10)7(4-5)12-2;1-2/h3-4H,1-2H3;1-2H3. The van der Waals surface area contributed by atoms with Crippen molar-refractivity contribution in [1.29, 1.82) is 0 Å². The molecule has 1 aromatic rings. The molecule has 0 saturated carbocycles. The van der Waals surface area contributed by atoms with Crippen LogP contribution in [0.2, 0.25) is 0 Å². The van der Waals surface area contributed by atoms with Gasteiger partial charge in [0.25, 0.3) is 0 Å². The van der Waals surface area contributed by atoms with Crippen LogP contribution in [0.5, 0.6) is 11.5 Å². The summed E-state index contributed by atoms with van der Waals surface area (Å²) in [4.78, 5) is 0. The van der Waals surface area contributed by atoms with Crippen molar-refractivity contribution in [3.63, 3.8) is 0 Å². The summed E-state index contributed by atoms with van der Waals surface area (Å²) in [6.07, 6.45) is 0. The first-order valence-corrected chi connectivity index (χ1v) is 5.15. The van der Waals surface area contributed by atoms with Crippen LogP contribution in [0, 0.1) is 0 Å². The molecule has 0 fully saturated rings. The summed E-state index contributed by atoms with van der Waals surface area (Å²) in [6.45, 7) is 4.00. The molecule has 0 bridgehead atoms. The van der Waals surface area contributed by atoms with E-state index in [1.54, 1.807) is 26.4 Å². The van der Waals surface area contributed by atoms with Gasteiger partial charge < -0.3 is 9.47 Å². The summed E-state index contributed by atoms with van der Waals surface area (Å²) < 4.78 is 10.8. The molecule has 0 aliphatic heterocycles. The highest BCUT2D eigenvalue weighted by molar-refractivity contribution is 9.10. The Hall–Kier alpha value is -0.635. The van der Waals surface area contributed by atoms with Crippen molar-refractivity contribution < 1.29 is 9.47 Å². The van der Waals surface area contributed by atoms with E-state index in [1.165, 1.54) is 0 Å². The van der Waals surface area contributed by atoms with Crippen LogP contribution in [0.25, 0.3) is 0 Å². The van der Waals surface area contributed by atoms with E-state index in [4.69, 9.17) is 17.3 Å². The molecule has 2 radical (unpaired) electrons. The molecule has 0 heterocycles. The molecule has 0 N–H and O–H groups in total. The lowest BCUT2D eigenvalue weighted by atomic mass is 9.96. The Balaban J connectivity index is 0.000000791. The quantitative estimate of drug-likeness (QED) is 0.756. The van der Waals surface area contributed by atoms with Gasteiger partial charge in [-0.3, -0.25) is 0 Å². The van der Waals surface area contributed by atoms with Crippen molar-refractivity contribution in [3.8, 4) is 11.5 Å². The Labute approximate surface area is 95.1 Å². The predicted octanol–water partition coefficient (Wildman–Crippen LogP) is 2.29. The second-order valence-electron chi connectivity index (χ2n) is 2.23. The minimum absolute atomic E-state index is 0.603. The van der Waals surface area contributed by atoms with Crippen LogP contribution in [-0.4, -0.2) is 22.1 Å².